The van der Waals surface area contributed by atoms with Crippen LogP contribution in [0.3, 0.4) is 0 Å². The molecule has 0 bridgehead atoms. The van der Waals surface area contributed by atoms with E-state index in [-0.39, 0.29) is 11.9 Å². The second-order valence-corrected chi connectivity index (χ2v) is 3.27. The molecule has 0 unspecified atom stereocenters. The third-order valence-electron chi connectivity index (χ3n) is 2.20. The highest BCUT2D eigenvalue weighted by Crippen LogP contribution is 2.44. The Labute approximate surface area is 61.6 Å². The molecule has 0 spiro atoms. The molecule has 0 aromatic carbocycles. The van der Waals surface area contributed by atoms with E-state index in [2.05, 4.69) is 18.6 Å². The van der Waals surface area contributed by atoms with Crippen molar-refractivity contribution in [2.75, 3.05) is 7.11 Å². The Hall–Kier alpha value is -0.530. The molecule has 10 heavy (non-hydrogen) atoms. The van der Waals surface area contributed by atoms with Crippen LogP contribution >= 0.6 is 0 Å². The van der Waals surface area contributed by atoms with E-state index in [0.29, 0.717) is 11.8 Å². The summed E-state index contributed by atoms with van der Waals surface area (Å²) in [4.78, 5) is 10.9. The van der Waals surface area contributed by atoms with Crippen LogP contribution in [0.2, 0.25) is 0 Å². The van der Waals surface area contributed by atoms with Crippen molar-refractivity contribution in [1.29, 1.82) is 0 Å². The summed E-state index contributed by atoms with van der Waals surface area (Å²) in [5.74, 6) is 1.40. The SMILES string of the molecule is COC(=O)[C@H]1C[C@@H]1C(C)C. The van der Waals surface area contributed by atoms with Crippen LogP contribution in [-0.4, -0.2) is 13.1 Å². The summed E-state index contributed by atoms with van der Waals surface area (Å²) in [6.45, 7) is 4.29. The van der Waals surface area contributed by atoms with Gasteiger partial charge in [0.05, 0.1) is 13.0 Å². The van der Waals surface area contributed by atoms with Crippen molar-refractivity contribution in [3.05, 3.63) is 0 Å². The molecule has 0 heterocycles. The number of methoxy groups -OCH3 is 1. The van der Waals surface area contributed by atoms with Crippen LogP contribution in [0.25, 0.3) is 0 Å². The zero-order valence-electron chi connectivity index (χ0n) is 6.76. The van der Waals surface area contributed by atoms with Crippen molar-refractivity contribution in [2.45, 2.75) is 20.3 Å². The van der Waals surface area contributed by atoms with Crippen LogP contribution in [0.5, 0.6) is 0 Å². The van der Waals surface area contributed by atoms with Gasteiger partial charge < -0.3 is 4.74 Å². The molecule has 0 saturated heterocycles. The molecule has 1 saturated carbocycles. The largest absolute Gasteiger partial charge is 0.469 e. The number of ether oxygens (including phenoxy) is 1. The lowest BCUT2D eigenvalue weighted by molar-refractivity contribution is -0.142. The van der Waals surface area contributed by atoms with Crippen LogP contribution in [0.15, 0.2) is 0 Å². The van der Waals surface area contributed by atoms with Gasteiger partial charge in [-0.1, -0.05) is 13.8 Å². The van der Waals surface area contributed by atoms with Gasteiger partial charge in [-0.25, -0.2) is 0 Å². The summed E-state index contributed by atoms with van der Waals surface area (Å²) in [5, 5.41) is 0. The van der Waals surface area contributed by atoms with E-state index < -0.39 is 0 Å². The van der Waals surface area contributed by atoms with Gasteiger partial charge >= 0.3 is 5.97 Å². The molecule has 1 aliphatic carbocycles. The molecule has 1 rings (SSSR count). The molecule has 0 aromatic heterocycles. The highest BCUT2D eigenvalue weighted by molar-refractivity contribution is 5.75. The molecule has 0 radical (unpaired) electrons. The molecule has 1 aliphatic rings. The first-order valence-corrected chi connectivity index (χ1v) is 3.74. The summed E-state index contributed by atoms with van der Waals surface area (Å²) in [5.41, 5.74) is 0. The quantitative estimate of drug-likeness (QED) is 0.545. The first-order valence-electron chi connectivity index (χ1n) is 3.74. The Morgan fingerprint density at radius 1 is 1.60 bits per heavy atom. The molecular weight excluding hydrogens is 128 g/mol. The second-order valence-electron chi connectivity index (χ2n) is 3.27. The summed E-state index contributed by atoms with van der Waals surface area (Å²) >= 11 is 0. The predicted molar refractivity (Wildman–Crippen MR) is 38.5 cm³/mol. The number of hydrogen-bond acceptors (Lipinski definition) is 2. The molecule has 2 atom stereocenters. The van der Waals surface area contributed by atoms with Gasteiger partial charge in [0.25, 0.3) is 0 Å². The average molecular weight is 142 g/mol. The molecule has 2 heteroatoms. The topological polar surface area (TPSA) is 26.3 Å². The Morgan fingerprint density at radius 2 is 2.20 bits per heavy atom. The van der Waals surface area contributed by atoms with Crippen molar-refractivity contribution in [3.8, 4) is 0 Å². The predicted octanol–water partition coefficient (Wildman–Crippen LogP) is 1.45. The van der Waals surface area contributed by atoms with E-state index in [1.54, 1.807) is 0 Å². The van der Waals surface area contributed by atoms with Crippen LogP contribution < -0.4 is 0 Å². The molecule has 58 valence electrons. The van der Waals surface area contributed by atoms with Gasteiger partial charge in [-0.2, -0.15) is 0 Å². The lowest BCUT2D eigenvalue weighted by atomic mass is 10.1. The highest BCUT2D eigenvalue weighted by Gasteiger charge is 2.45. The van der Waals surface area contributed by atoms with Crippen LogP contribution in [-0.2, 0) is 9.53 Å². The van der Waals surface area contributed by atoms with Gasteiger partial charge in [-0.05, 0) is 18.3 Å². The van der Waals surface area contributed by atoms with Gasteiger partial charge in [0, 0.05) is 0 Å². The van der Waals surface area contributed by atoms with Gasteiger partial charge in [0.1, 0.15) is 0 Å². The fourth-order valence-electron chi connectivity index (χ4n) is 1.37. The molecule has 0 N–H and O–H groups in total. The highest BCUT2D eigenvalue weighted by atomic mass is 16.5. The van der Waals surface area contributed by atoms with E-state index in [4.69, 9.17) is 0 Å². The Morgan fingerprint density at radius 3 is 2.50 bits per heavy atom. The summed E-state index contributed by atoms with van der Waals surface area (Å²) in [6.07, 6.45) is 1.03. The van der Waals surface area contributed by atoms with Crippen molar-refractivity contribution in [3.63, 3.8) is 0 Å². The van der Waals surface area contributed by atoms with Gasteiger partial charge in [0.15, 0.2) is 0 Å². The maximum absolute atomic E-state index is 10.9. The lowest BCUT2D eigenvalue weighted by Gasteiger charge is -2.00. The summed E-state index contributed by atoms with van der Waals surface area (Å²) in [7, 11) is 1.46. The third-order valence-corrected chi connectivity index (χ3v) is 2.20. The first kappa shape index (κ1) is 7.58. The van der Waals surface area contributed by atoms with Crippen molar-refractivity contribution < 1.29 is 9.53 Å². The van der Waals surface area contributed by atoms with E-state index in [0.717, 1.165) is 6.42 Å². The minimum absolute atomic E-state index is 0.0290. The standard InChI is InChI=1S/C8H14O2/c1-5(2)6-4-7(6)8(9)10-3/h5-7H,4H2,1-3H3/t6-,7+/m1/s1. The monoisotopic (exact) mass is 142 g/mol. The van der Waals surface area contributed by atoms with Crippen molar-refractivity contribution >= 4 is 5.97 Å². The molecule has 1 fully saturated rings. The van der Waals surface area contributed by atoms with Crippen molar-refractivity contribution in [2.24, 2.45) is 17.8 Å². The third kappa shape index (κ3) is 1.31. The molecule has 2 nitrogen and oxygen atoms in total. The summed E-state index contributed by atoms with van der Waals surface area (Å²) < 4.78 is 4.62. The number of rotatable bonds is 2. The average Bonchev–Trinajstić information content (AvgIpc) is 2.64. The number of hydrogen-bond donors (Lipinski definition) is 0. The molecule has 0 aromatic rings. The van der Waals surface area contributed by atoms with E-state index in [9.17, 15) is 4.79 Å². The summed E-state index contributed by atoms with van der Waals surface area (Å²) in [6, 6.07) is 0. The van der Waals surface area contributed by atoms with Crippen LogP contribution in [0.4, 0.5) is 0 Å². The Balaban J connectivity index is 2.31. The molecule has 0 amide bonds. The van der Waals surface area contributed by atoms with Crippen molar-refractivity contribution in [1.82, 2.24) is 0 Å². The zero-order chi connectivity index (χ0) is 7.72. The smallest absolute Gasteiger partial charge is 0.308 e. The normalized spacial score (nSPS) is 30.4. The minimum atomic E-state index is -0.0290. The van der Waals surface area contributed by atoms with Crippen LogP contribution in [0, 0.1) is 17.8 Å². The Bertz CT molecular complexity index is 140. The molecule has 0 aliphatic heterocycles. The van der Waals surface area contributed by atoms with Crippen LogP contribution in [0.1, 0.15) is 20.3 Å². The number of carbonyl (C=O) groups is 1. The maximum Gasteiger partial charge on any atom is 0.308 e. The fourth-order valence-corrected chi connectivity index (χ4v) is 1.37. The molecular formula is C8H14O2. The van der Waals surface area contributed by atoms with Gasteiger partial charge in [-0.15, -0.1) is 0 Å². The van der Waals surface area contributed by atoms with Gasteiger partial charge in [-0.3, -0.25) is 4.79 Å². The lowest BCUT2D eigenvalue weighted by Crippen LogP contribution is -2.06. The number of carbonyl (C=O) groups excluding carboxylic acids is 1. The second kappa shape index (κ2) is 2.60. The zero-order valence-corrected chi connectivity index (χ0v) is 6.76. The minimum Gasteiger partial charge on any atom is -0.469 e. The van der Waals surface area contributed by atoms with E-state index >= 15 is 0 Å². The van der Waals surface area contributed by atoms with E-state index in [1.165, 1.54) is 7.11 Å². The van der Waals surface area contributed by atoms with E-state index in [1.807, 2.05) is 0 Å². The Kier molecular flexibility index (Phi) is 1.97. The first-order chi connectivity index (χ1) is 4.66. The van der Waals surface area contributed by atoms with Gasteiger partial charge in [0.2, 0.25) is 0 Å². The fraction of sp³-hybridized carbons (Fsp3) is 0.875. The maximum atomic E-state index is 10.9. The number of esters is 1.